The van der Waals surface area contributed by atoms with Gasteiger partial charge in [-0.1, -0.05) is 60.7 Å². The third-order valence-electron chi connectivity index (χ3n) is 8.14. The second-order valence-electron chi connectivity index (χ2n) is 10.7. The lowest BCUT2D eigenvalue weighted by molar-refractivity contribution is 0.668. The number of benzene rings is 5. The van der Waals surface area contributed by atoms with Crippen LogP contribution < -0.4 is 4.90 Å². The fraction of sp³-hybridized carbons (Fsp3) is 0. The summed E-state index contributed by atoms with van der Waals surface area (Å²) in [6, 6.07) is 43.9. The quantitative estimate of drug-likeness (QED) is 0.217. The summed E-state index contributed by atoms with van der Waals surface area (Å²) in [5, 5.41) is 5.31. The number of hydrogen-bond acceptors (Lipinski definition) is 5. The molecule has 0 radical (unpaired) electrons. The summed E-state index contributed by atoms with van der Waals surface area (Å²) in [6.07, 6.45) is 3.61. The van der Waals surface area contributed by atoms with E-state index in [2.05, 4.69) is 88.7 Å². The minimum absolute atomic E-state index is 0.763. The zero-order valence-electron chi connectivity index (χ0n) is 22.9. The molecule has 9 aromatic rings. The summed E-state index contributed by atoms with van der Waals surface area (Å²) >= 11 is 0. The topological polar surface area (TPSA) is 55.3 Å². The average Bonchev–Trinajstić information content (AvgIpc) is 3.63. The van der Waals surface area contributed by atoms with E-state index in [4.69, 9.17) is 13.8 Å². The number of anilines is 3. The van der Waals surface area contributed by atoms with Crippen molar-refractivity contribution < 1.29 is 8.83 Å². The van der Waals surface area contributed by atoms with E-state index in [1.54, 1.807) is 6.20 Å². The standard InChI is InChI=1S/C38H23N3O2/c1-2-6-24(7-3-1)25-10-11-27-21-28(13-12-26(27)20-25)41(29-14-15-34-31(22-29)32-23-39-19-18-35(32)42-34)37-17-16-36-38(40-37)30-8-4-5-9-33(30)43-36/h1-23H. The van der Waals surface area contributed by atoms with Gasteiger partial charge >= 0.3 is 0 Å². The summed E-state index contributed by atoms with van der Waals surface area (Å²) in [4.78, 5) is 11.7. The number of para-hydroxylation sites is 1. The number of hydrogen-bond donors (Lipinski definition) is 0. The second kappa shape index (κ2) is 9.29. The number of rotatable bonds is 4. The molecule has 43 heavy (non-hydrogen) atoms. The number of furan rings is 2. The van der Waals surface area contributed by atoms with Gasteiger partial charge < -0.3 is 8.83 Å². The van der Waals surface area contributed by atoms with Gasteiger partial charge in [0, 0.05) is 39.9 Å². The van der Waals surface area contributed by atoms with Gasteiger partial charge in [-0.05, 0) is 88.6 Å². The monoisotopic (exact) mass is 553 g/mol. The van der Waals surface area contributed by atoms with E-state index in [0.717, 1.165) is 66.6 Å². The summed E-state index contributed by atoms with van der Waals surface area (Å²) in [5.41, 5.74) is 8.44. The van der Waals surface area contributed by atoms with Crippen molar-refractivity contribution in [1.82, 2.24) is 9.97 Å². The van der Waals surface area contributed by atoms with E-state index in [0.29, 0.717) is 0 Å². The maximum atomic E-state index is 6.11. The van der Waals surface area contributed by atoms with Gasteiger partial charge in [-0.3, -0.25) is 9.88 Å². The Bertz CT molecular complexity index is 2360. The van der Waals surface area contributed by atoms with Crippen molar-refractivity contribution in [2.45, 2.75) is 0 Å². The Labute approximate surface area is 246 Å². The Kier molecular flexibility index (Phi) is 5.13. The molecule has 0 unspecified atom stereocenters. The first-order valence-corrected chi connectivity index (χ1v) is 14.2. The van der Waals surface area contributed by atoms with Gasteiger partial charge in [0.1, 0.15) is 28.1 Å². The van der Waals surface area contributed by atoms with Gasteiger partial charge in [0.25, 0.3) is 0 Å². The molecule has 0 saturated carbocycles. The first kappa shape index (κ1) is 23.7. The largest absolute Gasteiger partial charge is 0.456 e. The number of aromatic nitrogens is 2. The van der Waals surface area contributed by atoms with E-state index >= 15 is 0 Å². The SMILES string of the molecule is c1ccc(-c2ccc3cc(N(c4ccc5oc6ccncc6c5c4)c4ccc5oc6ccccc6c5n4)ccc3c2)cc1. The molecule has 202 valence electrons. The average molecular weight is 554 g/mol. The lowest BCUT2D eigenvalue weighted by atomic mass is 10.0. The van der Waals surface area contributed by atoms with Gasteiger partial charge in [-0.2, -0.15) is 0 Å². The number of pyridine rings is 2. The smallest absolute Gasteiger partial charge is 0.154 e. The maximum Gasteiger partial charge on any atom is 0.154 e. The van der Waals surface area contributed by atoms with Gasteiger partial charge in [-0.25, -0.2) is 4.98 Å². The van der Waals surface area contributed by atoms with Crippen LogP contribution in [-0.4, -0.2) is 9.97 Å². The molecule has 0 amide bonds. The molecule has 5 nitrogen and oxygen atoms in total. The van der Waals surface area contributed by atoms with Crippen LogP contribution >= 0.6 is 0 Å². The molecule has 0 bridgehead atoms. The van der Waals surface area contributed by atoms with Crippen molar-refractivity contribution in [3.8, 4) is 11.1 Å². The summed E-state index contributed by atoms with van der Waals surface area (Å²) in [7, 11) is 0. The Hall–Kier alpha value is -5.94. The van der Waals surface area contributed by atoms with Crippen LogP contribution in [0.2, 0.25) is 0 Å². The second-order valence-corrected chi connectivity index (χ2v) is 10.7. The molecule has 0 atom stereocenters. The summed E-state index contributed by atoms with van der Waals surface area (Å²) in [6.45, 7) is 0. The number of fused-ring (bicyclic) bond motifs is 7. The van der Waals surface area contributed by atoms with Crippen LogP contribution in [0.4, 0.5) is 17.2 Å². The normalized spacial score (nSPS) is 11.7. The highest BCUT2D eigenvalue weighted by Gasteiger charge is 2.19. The van der Waals surface area contributed by atoms with Crippen molar-refractivity contribution in [2.75, 3.05) is 4.90 Å². The molecular weight excluding hydrogens is 530 g/mol. The predicted molar refractivity (Wildman–Crippen MR) is 174 cm³/mol. The van der Waals surface area contributed by atoms with Crippen molar-refractivity contribution in [3.63, 3.8) is 0 Å². The highest BCUT2D eigenvalue weighted by molar-refractivity contribution is 6.07. The zero-order chi connectivity index (χ0) is 28.3. The highest BCUT2D eigenvalue weighted by atomic mass is 16.3. The fourth-order valence-electron chi connectivity index (χ4n) is 6.05. The van der Waals surface area contributed by atoms with E-state index in [1.807, 2.05) is 54.7 Å². The Morgan fingerprint density at radius 3 is 2.16 bits per heavy atom. The summed E-state index contributed by atoms with van der Waals surface area (Å²) < 4.78 is 12.2. The maximum absolute atomic E-state index is 6.11. The molecule has 4 aromatic heterocycles. The molecular formula is C38H23N3O2. The third-order valence-corrected chi connectivity index (χ3v) is 8.14. The van der Waals surface area contributed by atoms with Gasteiger partial charge in [0.2, 0.25) is 0 Å². The van der Waals surface area contributed by atoms with Crippen LogP contribution in [-0.2, 0) is 0 Å². The van der Waals surface area contributed by atoms with Crippen molar-refractivity contribution in [2.24, 2.45) is 0 Å². The number of nitrogens with zero attached hydrogens (tertiary/aromatic N) is 3. The fourth-order valence-corrected chi connectivity index (χ4v) is 6.05. The van der Waals surface area contributed by atoms with Crippen molar-refractivity contribution >= 4 is 72.0 Å². The Morgan fingerprint density at radius 1 is 0.488 bits per heavy atom. The van der Waals surface area contributed by atoms with Crippen LogP contribution in [0, 0.1) is 0 Å². The Morgan fingerprint density at radius 2 is 1.21 bits per heavy atom. The van der Waals surface area contributed by atoms with Crippen LogP contribution in [0.25, 0.3) is 65.9 Å². The van der Waals surface area contributed by atoms with E-state index in [-0.39, 0.29) is 0 Å². The van der Waals surface area contributed by atoms with E-state index in [1.165, 1.54) is 16.5 Å². The molecule has 0 N–H and O–H groups in total. The molecule has 0 aliphatic rings. The molecule has 0 fully saturated rings. The van der Waals surface area contributed by atoms with Gasteiger partial charge in [0.15, 0.2) is 5.58 Å². The van der Waals surface area contributed by atoms with Crippen LogP contribution in [0.15, 0.2) is 149 Å². The minimum Gasteiger partial charge on any atom is -0.456 e. The first-order valence-electron chi connectivity index (χ1n) is 14.2. The van der Waals surface area contributed by atoms with E-state index in [9.17, 15) is 0 Å². The molecule has 0 spiro atoms. The molecule has 0 saturated heterocycles. The van der Waals surface area contributed by atoms with E-state index < -0.39 is 0 Å². The van der Waals surface area contributed by atoms with Crippen LogP contribution in [0.1, 0.15) is 0 Å². The van der Waals surface area contributed by atoms with Gasteiger partial charge in [-0.15, -0.1) is 0 Å². The first-order chi connectivity index (χ1) is 21.3. The third kappa shape index (κ3) is 3.86. The Balaban J connectivity index is 1.25. The molecule has 9 rings (SSSR count). The van der Waals surface area contributed by atoms with Crippen LogP contribution in [0.5, 0.6) is 0 Å². The molecule has 5 heteroatoms. The van der Waals surface area contributed by atoms with Crippen molar-refractivity contribution in [1.29, 1.82) is 0 Å². The van der Waals surface area contributed by atoms with Crippen molar-refractivity contribution in [3.05, 3.63) is 140 Å². The predicted octanol–water partition coefficient (Wildman–Crippen LogP) is 10.6. The molecule has 0 aliphatic carbocycles. The molecule has 0 aliphatic heterocycles. The minimum atomic E-state index is 0.763. The summed E-state index contributed by atoms with van der Waals surface area (Å²) in [5.74, 6) is 0.796. The van der Waals surface area contributed by atoms with Crippen LogP contribution in [0.3, 0.4) is 0 Å². The molecule has 4 heterocycles. The lowest BCUT2D eigenvalue weighted by Gasteiger charge is -2.25. The zero-order valence-corrected chi connectivity index (χ0v) is 22.9. The highest BCUT2D eigenvalue weighted by Crippen LogP contribution is 2.40. The van der Waals surface area contributed by atoms with Gasteiger partial charge in [0.05, 0.1) is 0 Å². The lowest BCUT2D eigenvalue weighted by Crippen LogP contribution is -2.11. The molecule has 5 aromatic carbocycles.